The van der Waals surface area contributed by atoms with Gasteiger partial charge in [-0.15, -0.1) is 0 Å². The van der Waals surface area contributed by atoms with Crippen LogP contribution in [0.5, 0.6) is 0 Å². The first kappa shape index (κ1) is 11.2. The normalized spacial score (nSPS) is 19.9. The fourth-order valence-electron chi connectivity index (χ4n) is 2.85. The van der Waals surface area contributed by atoms with E-state index in [1.54, 1.807) is 22.8 Å². The Labute approximate surface area is 112 Å². The number of aromatic nitrogens is 3. The summed E-state index contributed by atoms with van der Waals surface area (Å²) in [5.74, 6) is -0.714. The second kappa shape index (κ2) is 3.66. The van der Waals surface area contributed by atoms with Crippen molar-refractivity contribution in [3.05, 3.63) is 34.9 Å². The summed E-state index contributed by atoms with van der Waals surface area (Å²) in [4.78, 5) is 35.7. The second-order valence-corrected chi connectivity index (χ2v) is 4.89. The van der Waals surface area contributed by atoms with Crippen molar-refractivity contribution < 1.29 is 9.59 Å². The number of nitrogens with one attached hydrogen (secondary N) is 1. The SMILES string of the molecule is O=C1CCC(n2c(=O)c3cnn4cccc2c34)C(=O)N1. The van der Waals surface area contributed by atoms with Crippen molar-refractivity contribution in [1.29, 1.82) is 0 Å². The van der Waals surface area contributed by atoms with Crippen molar-refractivity contribution in [2.75, 3.05) is 0 Å². The molecule has 1 unspecified atom stereocenters. The molecule has 1 fully saturated rings. The third kappa shape index (κ3) is 1.29. The fraction of sp³-hybridized carbons (Fsp3) is 0.231. The Morgan fingerprint density at radius 3 is 2.95 bits per heavy atom. The Morgan fingerprint density at radius 1 is 1.30 bits per heavy atom. The maximum Gasteiger partial charge on any atom is 0.263 e. The summed E-state index contributed by atoms with van der Waals surface area (Å²) in [5.41, 5.74) is 1.14. The number of hydrogen-bond donors (Lipinski definition) is 1. The molecular formula is C13H10N4O3. The summed E-state index contributed by atoms with van der Waals surface area (Å²) in [6.07, 6.45) is 3.84. The van der Waals surface area contributed by atoms with E-state index in [0.717, 1.165) is 0 Å². The lowest BCUT2D eigenvalue weighted by molar-refractivity contribution is -0.135. The van der Waals surface area contributed by atoms with Crippen LogP contribution in [0.15, 0.2) is 29.3 Å². The van der Waals surface area contributed by atoms with Gasteiger partial charge in [0, 0.05) is 12.6 Å². The van der Waals surface area contributed by atoms with E-state index in [9.17, 15) is 14.4 Å². The summed E-state index contributed by atoms with van der Waals surface area (Å²) >= 11 is 0. The van der Waals surface area contributed by atoms with Gasteiger partial charge in [-0.2, -0.15) is 5.10 Å². The van der Waals surface area contributed by atoms with Crippen LogP contribution >= 0.6 is 0 Å². The van der Waals surface area contributed by atoms with E-state index < -0.39 is 11.9 Å². The fourth-order valence-corrected chi connectivity index (χ4v) is 2.85. The summed E-state index contributed by atoms with van der Waals surface area (Å²) in [6, 6.07) is 2.92. The third-order valence-electron chi connectivity index (χ3n) is 3.75. The van der Waals surface area contributed by atoms with Crippen molar-refractivity contribution >= 4 is 28.2 Å². The lowest BCUT2D eigenvalue weighted by Gasteiger charge is -2.22. The van der Waals surface area contributed by atoms with E-state index in [1.165, 1.54) is 10.8 Å². The van der Waals surface area contributed by atoms with Crippen LogP contribution in [-0.2, 0) is 9.59 Å². The molecule has 1 atom stereocenters. The third-order valence-corrected chi connectivity index (χ3v) is 3.75. The first-order chi connectivity index (χ1) is 9.66. The van der Waals surface area contributed by atoms with Gasteiger partial charge in [0.05, 0.1) is 17.1 Å². The average Bonchev–Trinajstić information content (AvgIpc) is 2.96. The lowest BCUT2D eigenvalue weighted by Crippen LogP contribution is -2.43. The average molecular weight is 270 g/mol. The van der Waals surface area contributed by atoms with Gasteiger partial charge < -0.3 is 0 Å². The van der Waals surface area contributed by atoms with Crippen LogP contribution in [0.3, 0.4) is 0 Å². The Kier molecular flexibility index (Phi) is 2.04. The van der Waals surface area contributed by atoms with Gasteiger partial charge in [-0.1, -0.05) is 0 Å². The van der Waals surface area contributed by atoms with Gasteiger partial charge >= 0.3 is 0 Å². The highest BCUT2D eigenvalue weighted by Crippen LogP contribution is 2.25. The molecule has 3 aromatic heterocycles. The standard InChI is InChI=1S/C13H10N4O3/c18-10-4-3-9(12(19)15-10)17-8-2-1-5-16-11(8)7(6-14-16)13(17)20/h1-2,5-6,9H,3-4H2,(H,15,18,19). The van der Waals surface area contributed by atoms with Crippen molar-refractivity contribution in [2.24, 2.45) is 0 Å². The minimum atomic E-state index is -0.640. The molecule has 0 saturated carbocycles. The van der Waals surface area contributed by atoms with Crippen LogP contribution in [0.4, 0.5) is 0 Å². The maximum absolute atomic E-state index is 12.5. The number of carbonyl (C=O) groups is 2. The Balaban J connectivity index is 2.00. The summed E-state index contributed by atoms with van der Waals surface area (Å²) in [5, 5.41) is 6.88. The number of rotatable bonds is 1. The number of hydrogen-bond acceptors (Lipinski definition) is 4. The van der Waals surface area contributed by atoms with Gasteiger partial charge in [-0.05, 0) is 18.6 Å². The molecule has 0 aliphatic carbocycles. The van der Waals surface area contributed by atoms with E-state index >= 15 is 0 Å². The highest BCUT2D eigenvalue weighted by Gasteiger charge is 2.31. The second-order valence-electron chi connectivity index (χ2n) is 4.89. The topological polar surface area (TPSA) is 85.5 Å². The van der Waals surface area contributed by atoms with Crippen molar-refractivity contribution in [3.63, 3.8) is 0 Å². The van der Waals surface area contributed by atoms with Gasteiger partial charge in [-0.3, -0.25) is 24.3 Å². The molecule has 1 N–H and O–H groups in total. The molecule has 0 spiro atoms. The van der Waals surface area contributed by atoms with Crippen molar-refractivity contribution in [2.45, 2.75) is 18.9 Å². The molecular weight excluding hydrogens is 260 g/mol. The number of imide groups is 1. The maximum atomic E-state index is 12.5. The predicted molar refractivity (Wildman–Crippen MR) is 69.6 cm³/mol. The minimum absolute atomic E-state index is 0.240. The van der Waals surface area contributed by atoms with Crippen LogP contribution in [-0.4, -0.2) is 26.0 Å². The Morgan fingerprint density at radius 2 is 2.15 bits per heavy atom. The van der Waals surface area contributed by atoms with E-state index in [2.05, 4.69) is 10.4 Å². The van der Waals surface area contributed by atoms with Crippen LogP contribution in [0.1, 0.15) is 18.9 Å². The highest BCUT2D eigenvalue weighted by atomic mass is 16.2. The van der Waals surface area contributed by atoms with E-state index in [0.29, 0.717) is 22.8 Å². The van der Waals surface area contributed by atoms with Gasteiger partial charge in [-0.25, -0.2) is 4.52 Å². The number of amides is 2. The molecule has 0 radical (unpaired) electrons. The van der Waals surface area contributed by atoms with Gasteiger partial charge in [0.25, 0.3) is 5.56 Å². The van der Waals surface area contributed by atoms with Crippen molar-refractivity contribution in [1.82, 2.24) is 19.5 Å². The highest BCUT2D eigenvalue weighted by molar-refractivity contribution is 6.01. The summed E-state index contributed by atoms with van der Waals surface area (Å²) in [6.45, 7) is 0. The van der Waals surface area contributed by atoms with E-state index in [1.807, 2.05) is 0 Å². The molecule has 0 aromatic carbocycles. The molecule has 100 valence electrons. The molecule has 4 heterocycles. The molecule has 2 amide bonds. The zero-order valence-electron chi connectivity index (χ0n) is 10.4. The monoisotopic (exact) mass is 270 g/mol. The van der Waals surface area contributed by atoms with Crippen molar-refractivity contribution in [3.8, 4) is 0 Å². The zero-order chi connectivity index (χ0) is 13.9. The zero-order valence-corrected chi connectivity index (χ0v) is 10.4. The van der Waals surface area contributed by atoms with Crippen LogP contribution in [0, 0.1) is 0 Å². The molecule has 20 heavy (non-hydrogen) atoms. The molecule has 7 heteroatoms. The molecule has 1 saturated heterocycles. The quantitative estimate of drug-likeness (QED) is 0.634. The molecule has 7 nitrogen and oxygen atoms in total. The molecule has 1 aliphatic rings. The summed E-state index contributed by atoms with van der Waals surface area (Å²) in [7, 11) is 0. The number of carbonyl (C=O) groups excluding carboxylic acids is 2. The molecule has 3 aromatic rings. The van der Waals surface area contributed by atoms with Crippen LogP contribution < -0.4 is 10.9 Å². The first-order valence-electron chi connectivity index (χ1n) is 6.30. The smallest absolute Gasteiger partial charge is 0.263 e. The van der Waals surface area contributed by atoms with Gasteiger partial charge in [0.2, 0.25) is 11.8 Å². The largest absolute Gasteiger partial charge is 0.295 e. The number of nitrogens with zero attached hydrogens (tertiary/aromatic N) is 3. The van der Waals surface area contributed by atoms with Crippen LogP contribution in [0.2, 0.25) is 0 Å². The number of pyridine rings is 1. The summed E-state index contributed by atoms with van der Waals surface area (Å²) < 4.78 is 3.09. The Bertz CT molecular complexity index is 907. The molecule has 4 rings (SSSR count). The van der Waals surface area contributed by atoms with E-state index in [-0.39, 0.29) is 17.9 Å². The predicted octanol–water partition coefficient (Wildman–Crippen LogP) is 0.0647. The minimum Gasteiger partial charge on any atom is -0.295 e. The number of piperidine rings is 1. The van der Waals surface area contributed by atoms with Gasteiger partial charge in [0.15, 0.2) is 0 Å². The molecule has 1 aliphatic heterocycles. The first-order valence-corrected chi connectivity index (χ1v) is 6.30. The van der Waals surface area contributed by atoms with E-state index in [4.69, 9.17) is 0 Å². The Hall–Kier alpha value is -2.70. The van der Waals surface area contributed by atoms with Crippen LogP contribution in [0.25, 0.3) is 16.4 Å². The lowest BCUT2D eigenvalue weighted by atomic mass is 10.1. The van der Waals surface area contributed by atoms with Gasteiger partial charge in [0.1, 0.15) is 11.6 Å². The molecule has 0 bridgehead atoms.